The van der Waals surface area contributed by atoms with Crippen molar-refractivity contribution in [3.63, 3.8) is 0 Å². The zero-order valence-corrected chi connectivity index (χ0v) is 9.63. The van der Waals surface area contributed by atoms with Gasteiger partial charge in [-0.2, -0.15) is 0 Å². The van der Waals surface area contributed by atoms with E-state index < -0.39 is 5.97 Å². The number of aromatic carboxylic acids is 1. The minimum atomic E-state index is -0.997. The Morgan fingerprint density at radius 1 is 1.31 bits per heavy atom. The molecule has 0 aliphatic carbocycles. The lowest BCUT2D eigenvalue weighted by molar-refractivity contribution is 0.0663. The van der Waals surface area contributed by atoms with Gasteiger partial charge in [-0.05, 0) is 43.5 Å². The minimum absolute atomic E-state index is 0.0718. The average Bonchev–Trinajstić information content (AvgIpc) is 2.57. The van der Waals surface area contributed by atoms with Gasteiger partial charge < -0.3 is 9.52 Å². The van der Waals surface area contributed by atoms with Crippen LogP contribution < -0.4 is 0 Å². The summed E-state index contributed by atoms with van der Waals surface area (Å²) in [6.07, 6.45) is 0.664. The Kier molecular flexibility index (Phi) is 2.46. The summed E-state index contributed by atoms with van der Waals surface area (Å²) >= 11 is 0. The quantitative estimate of drug-likeness (QED) is 0.841. The molecule has 84 valence electrons. The smallest absolute Gasteiger partial charge is 0.372 e. The predicted octanol–water partition coefficient (Wildman–Crippen LogP) is 3.31. The zero-order chi connectivity index (χ0) is 11.9. The fourth-order valence-electron chi connectivity index (χ4n) is 1.93. The van der Waals surface area contributed by atoms with Gasteiger partial charge in [0.25, 0.3) is 0 Å². The maximum Gasteiger partial charge on any atom is 0.372 e. The van der Waals surface area contributed by atoms with Crippen molar-refractivity contribution in [1.82, 2.24) is 0 Å². The average molecular weight is 218 g/mol. The first-order valence-corrected chi connectivity index (χ1v) is 5.30. The molecule has 3 nitrogen and oxygen atoms in total. The maximum atomic E-state index is 11.0. The van der Waals surface area contributed by atoms with Gasteiger partial charge >= 0.3 is 5.97 Å². The van der Waals surface area contributed by atoms with Crippen LogP contribution in [0.1, 0.15) is 34.2 Å². The largest absolute Gasteiger partial charge is 0.475 e. The highest BCUT2D eigenvalue weighted by atomic mass is 16.4. The van der Waals surface area contributed by atoms with E-state index in [4.69, 9.17) is 9.52 Å². The fraction of sp³-hybridized carbons (Fsp3) is 0.308. The van der Waals surface area contributed by atoms with Crippen LogP contribution in [-0.2, 0) is 6.42 Å². The fourth-order valence-corrected chi connectivity index (χ4v) is 1.93. The van der Waals surface area contributed by atoms with Gasteiger partial charge in [-0.3, -0.25) is 0 Å². The lowest BCUT2D eigenvalue weighted by Crippen LogP contribution is -1.97. The van der Waals surface area contributed by atoms with Crippen LogP contribution in [-0.4, -0.2) is 11.1 Å². The third-order valence-corrected chi connectivity index (χ3v) is 2.95. The van der Waals surface area contributed by atoms with Gasteiger partial charge in [-0.1, -0.05) is 6.92 Å². The molecule has 0 saturated carbocycles. The topological polar surface area (TPSA) is 50.4 Å². The monoisotopic (exact) mass is 218 g/mol. The van der Waals surface area contributed by atoms with Crippen molar-refractivity contribution in [2.75, 3.05) is 0 Å². The molecule has 1 aromatic carbocycles. The summed E-state index contributed by atoms with van der Waals surface area (Å²) in [6.45, 7) is 5.94. The molecular weight excluding hydrogens is 204 g/mol. The molecule has 0 aliphatic heterocycles. The molecule has 0 atom stereocenters. The third-order valence-electron chi connectivity index (χ3n) is 2.95. The second-order valence-electron chi connectivity index (χ2n) is 4.00. The molecule has 0 unspecified atom stereocenters. The highest BCUT2D eigenvalue weighted by molar-refractivity contribution is 5.95. The number of carbonyl (C=O) groups is 1. The van der Waals surface area contributed by atoms with Gasteiger partial charge in [0.2, 0.25) is 5.76 Å². The SMILES string of the molecule is CCc1c(C(=O)O)oc2cc(C)c(C)cc12. The number of aryl methyl sites for hydroxylation is 3. The molecule has 0 fully saturated rings. The molecule has 0 radical (unpaired) electrons. The number of hydrogen-bond acceptors (Lipinski definition) is 2. The van der Waals surface area contributed by atoms with E-state index in [1.165, 1.54) is 0 Å². The highest BCUT2D eigenvalue weighted by Gasteiger charge is 2.18. The lowest BCUT2D eigenvalue weighted by Gasteiger charge is -1.99. The van der Waals surface area contributed by atoms with Crippen molar-refractivity contribution < 1.29 is 14.3 Å². The number of carboxylic acids is 1. The Labute approximate surface area is 93.7 Å². The Morgan fingerprint density at radius 2 is 1.94 bits per heavy atom. The number of furan rings is 1. The molecule has 0 saturated heterocycles. The standard InChI is InChI=1S/C13H14O3/c1-4-9-10-5-7(2)8(3)6-11(10)16-12(9)13(14)15/h5-6H,4H2,1-3H3,(H,14,15). The van der Waals surface area contributed by atoms with Gasteiger partial charge in [-0.25, -0.2) is 4.79 Å². The van der Waals surface area contributed by atoms with Crippen LogP contribution in [0.3, 0.4) is 0 Å². The van der Waals surface area contributed by atoms with Gasteiger partial charge in [-0.15, -0.1) is 0 Å². The first kappa shape index (κ1) is 10.7. The highest BCUT2D eigenvalue weighted by Crippen LogP contribution is 2.28. The predicted molar refractivity (Wildman–Crippen MR) is 62.0 cm³/mol. The second kappa shape index (κ2) is 3.67. The van der Waals surface area contributed by atoms with E-state index in [9.17, 15) is 4.79 Å². The van der Waals surface area contributed by atoms with Crippen LogP contribution in [0.4, 0.5) is 0 Å². The van der Waals surface area contributed by atoms with Crippen LogP contribution in [0.25, 0.3) is 11.0 Å². The molecule has 1 heterocycles. The molecular formula is C13H14O3. The van der Waals surface area contributed by atoms with E-state index >= 15 is 0 Å². The Morgan fingerprint density at radius 3 is 2.50 bits per heavy atom. The number of carboxylic acid groups (broad SMARTS) is 1. The maximum absolute atomic E-state index is 11.0. The number of benzene rings is 1. The second-order valence-corrected chi connectivity index (χ2v) is 4.00. The number of rotatable bonds is 2. The molecule has 16 heavy (non-hydrogen) atoms. The Hall–Kier alpha value is -1.77. The van der Waals surface area contributed by atoms with E-state index in [1.54, 1.807) is 0 Å². The minimum Gasteiger partial charge on any atom is -0.475 e. The number of fused-ring (bicyclic) bond motifs is 1. The molecule has 0 amide bonds. The van der Waals surface area contributed by atoms with Crippen LogP contribution in [0.5, 0.6) is 0 Å². The van der Waals surface area contributed by atoms with E-state index in [2.05, 4.69) is 0 Å². The van der Waals surface area contributed by atoms with Crippen LogP contribution in [0, 0.1) is 13.8 Å². The summed E-state index contributed by atoms with van der Waals surface area (Å²) in [6, 6.07) is 3.90. The van der Waals surface area contributed by atoms with E-state index in [1.807, 2.05) is 32.9 Å². The molecule has 0 bridgehead atoms. The normalized spacial score (nSPS) is 10.9. The third kappa shape index (κ3) is 1.48. The van der Waals surface area contributed by atoms with Crippen LogP contribution in [0.15, 0.2) is 16.5 Å². The van der Waals surface area contributed by atoms with Crippen LogP contribution in [0.2, 0.25) is 0 Å². The van der Waals surface area contributed by atoms with E-state index in [0.717, 1.165) is 22.1 Å². The van der Waals surface area contributed by atoms with Crippen LogP contribution >= 0.6 is 0 Å². The van der Waals surface area contributed by atoms with E-state index in [-0.39, 0.29) is 5.76 Å². The Bertz CT molecular complexity index is 564. The molecule has 0 spiro atoms. The molecule has 2 rings (SSSR count). The van der Waals surface area contributed by atoms with Crippen molar-refractivity contribution in [3.05, 3.63) is 34.6 Å². The summed E-state index contributed by atoms with van der Waals surface area (Å²) in [5, 5.41) is 9.96. The molecule has 0 aliphatic rings. The summed E-state index contributed by atoms with van der Waals surface area (Å²) in [4.78, 5) is 11.0. The van der Waals surface area contributed by atoms with E-state index in [0.29, 0.717) is 12.0 Å². The first-order chi connectivity index (χ1) is 7.54. The van der Waals surface area contributed by atoms with Gasteiger partial charge in [0.15, 0.2) is 0 Å². The van der Waals surface area contributed by atoms with Crippen molar-refractivity contribution >= 4 is 16.9 Å². The summed E-state index contributed by atoms with van der Waals surface area (Å²) < 4.78 is 5.39. The number of hydrogen-bond donors (Lipinski definition) is 1. The van der Waals surface area contributed by atoms with Crippen molar-refractivity contribution in [1.29, 1.82) is 0 Å². The first-order valence-electron chi connectivity index (χ1n) is 5.30. The summed E-state index contributed by atoms with van der Waals surface area (Å²) in [5.41, 5.74) is 3.71. The van der Waals surface area contributed by atoms with Gasteiger partial charge in [0.1, 0.15) is 5.58 Å². The van der Waals surface area contributed by atoms with Crippen molar-refractivity contribution in [3.8, 4) is 0 Å². The Balaban J connectivity index is 2.82. The van der Waals surface area contributed by atoms with Crippen molar-refractivity contribution in [2.24, 2.45) is 0 Å². The summed E-state index contributed by atoms with van der Waals surface area (Å²) in [5.74, 6) is -0.925. The molecule has 1 aromatic heterocycles. The van der Waals surface area contributed by atoms with Gasteiger partial charge in [0.05, 0.1) is 0 Å². The lowest BCUT2D eigenvalue weighted by atomic mass is 10.0. The van der Waals surface area contributed by atoms with Crippen molar-refractivity contribution in [2.45, 2.75) is 27.2 Å². The molecule has 1 N–H and O–H groups in total. The zero-order valence-electron chi connectivity index (χ0n) is 9.63. The summed E-state index contributed by atoms with van der Waals surface area (Å²) in [7, 11) is 0. The van der Waals surface area contributed by atoms with Gasteiger partial charge in [0, 0.05) is 10.9 Å². The molecule has 3 heteroatoms. The molecule has 2 aromatic rings.